The summed E-state index contributed by atoms with van der Waals surface area (Å²) in [6.45, 7) is 0. The molecule has 1 aromatic heterocycles. The minimum Gasteiger partial charge on any atom is -0.253 e. The third-order valence-electron chi connectivity index (χ3n) is 3.34. The second-order valence-electron chi connectivity index (χ2n) is 4.83. The predicted molar refractivity (Wildman–Crippen MR) is 83.5 cm³/mol. The number of fused-ring (bicyclic) bond motifs is 1. The molecule has 0 saturated carbocycles. The van der Waals surface area contributed by atoms with Gasteiger partial charge >= 0.3 is 0 Å². The van der Waals surface area contributed by atoms with Crippen LogP contribution in [0.3, 0.4) is 0 Å². The second kappa shape index (κ2) is 5.90. The number of rotatable bonds is 3. The van der Waals surface area contributed by atoms with Gasteiger partial charge in [0, 0.05) is 34.0 Å². The van der Waals surface area contributed by atoms with E-state index in [9.17, 15) is 8.78 Å². The van der Waals surface area contributed by atoms with E-state index < -0.39 is 11.6 Å². The Morgan fingerprint density at radius 2 is 1.81 bits per heavy atom. The van der Waals surface area contributed by atoms with Crippen LogP contribution in [0.1, 0.15) is 16.1 Å². The molecule has 0 amide bonds. The minimum atomic E-state index is -0.570. The molecule has 1 atom stereocenters. The summed E-state index contributed by atoms with van der Waals surface area (Å²) in [4.78, 5) is 4.32. The van der Waals surface area contributed by atoms with Crippen LogP contribution in [0.2, 0.25) is 0 Å². The molecule has 3 rings (SSSR count). The number of pyridine rings is 1. The van der Waals surface area contributed by atoms with E-state index in [4.69, 9.17) is 0 Å². The highest BCUT2D eigenvalue weighted by atomic mass is 79.9. The lowest BCUT2D eigenvalue weighted by Crippen LogP contribution is -2.01. The Morgan fingerprint density at radius 1 is 1.00 bits per heavy atom. The Labute approximate surface area is 129 Å². The van der Waals surface area contributed by atoms with Crippen molar-refractivity contribution in [3.8, 4) is 0 Å². The number of alkyl halides is 1. The van der Waals surface area contributed by atoms with Gasteiger partial charge in [-0.25, -0.2) is 8.78 Å². The maximum absolute atomic E-state index is 13.8. The number of hydrogen-bond donors (Lipinski definition) is 0. The molecule has 106 valence electrons. The van der Waals surface area contributed by atoms with Gasteiger partial charge in [-0.1, -0.05) is 46.3 Å². The van der Waals surface area contributed by atoms with E-state index in [0.29, 0.717) is 12.0 Å². The molecule has 0 radical (unpaired) electrons. The Kier molecular flexibility index (Phi) is 3.97. The van der Waals surface area contributed by atoms with Crippen LogP contribution in [0, 0.1) is 11.6 Å². The summed E-state index contributed by atoms with van der Waals surface area (Å²) < 4.78 is 26.7. The highest BCUT2D eigenvalue weighted by Crippen LogP contribution is 2.29. The molecule has 1 unspecified atom stereocenters. The highest BCUT2D eigenvalue weighted by Gasteiger charge is 2.14. The molecule has 0 bridgehead atoms. The van der Waals surface area contributed by atoms with Gasteiger partial charge in [-0.15, -0.1) is 0 Å². The lowest BCUT2D eigenvalue weighted by atomic mass is 10.1. The van der Waals surface area contributed by atoms with Crippen LogP contribution >= 0.6 is 15.9 Å². The molecule has 0 aliphatic carbocycles. The largest absolute Gasteiger partial charge is 0.253 e. The predicted octanol–water partition coefficient (Wildman–Crippen LogP) is 5.19. The molecular formula is C17H12BrF2N. The molecule has 0 N–H and O–H groups in total. The Balaban J connectivity index is 1.87. The topological polar surface area (TPSA) is 12.9 Å². The van der Waals surface area contributed by atoms with E-state index in [1.807, 2.05) is 36.4 Å². The zero-order chi connectivity index (χ0) is 14.8. The minimum absolute atomic E-state index is 0.244. The number of benzene rings is 2. The molecule has 4 heteroatoms. The molecule has 0 spiro atoms. The Morgan fingerprint density at radius 3 is 2.62 bits per heavy atom. The van der Waals surface area contributed by atoms with Gasteiger partial charge in [-0.3, -0.25) is 4.98 Å². The van der Waals surface area contributed by atoms with Crippen LogP contribution in [0.25, 0.3) is 10.9 Å². The van der Waals surface area contributed by atoms with Gasteiger partial charge in [-0.2, -0.15) is 0 Å². The van der Waals surface area contributed by atoms with E-state index >= 15 is 0 Å². The number of aromatic nitrogens is 1. The van der Waals surface area contributed by atoms with Gasteiger partial charge in [-0.05, 0) is 18.2 Å². The first kappa shape index (κ1) is 14.1. The maximum atomic E-state index is 13.8. The van der Waals surface area contributed by atoms with Gasteiger partial charge in [0.1, 0.15) is 11.6 Å². The fourth-order valence-electron chi connectivity index (χ4n) is 2.27. The Bertz CT molecular complexity index is 789. The van der Waals surface area contributed by atoms with Gasteiger partial charge in [0.15, 0.2) is 0 Å². The molecule has 21 heavy (non-hydrogen) atoms. The van der Waals surface area contributed by atoms with Crippen molar-refractivity contribution in [2.24, 2.45) is 0 Å². The smallest absolute Gasteiger partial charge is 0.130 e. The first-order valence-electron chi connectivity index (χ1n) is 6.57. The summed E-state index contributed by atoms with van der Waals surface area (Å²) in [6, 6.07) is 15.4. The number of hydrogen-bond acceptors (Lipinski definition) is 1. The molecule has 0 aliphatic heterocycles. The zero-order valence-electron chi connectivity index (χ0n) is 11.1. The number of nitrogens with zero attached hydrogens (tertiary/aromatic N) is 1. The summed E-state index contributed by atoms with van der Waals surface area (Å²) in [7, 11) is 0. The van der Waals surface area contributed by atoms with Crippen molar-refractivity contribution in [2.75, 3.05) is 0 Å². The molecule has 3 aromatic rings. The molecular weight excluding hydrogens is 336 g/mol. The van der Waals surface area contributed by atoms with E-state index in [-0.39, 0.29) is 4.83 Å². The molecule has 2 aromatic carbocycles. The van der Waals surface area contributed by atoms with Crippen LogP contribution in [-0.4, -0.2) is 4.98 Å². The van der Waals surface area contributed by atoms with Crippen molar-refractivity contribution < 1.29 is 8.78 Å². The van der Waals surface area contributed by atoms with Crippen molar-refractivity contribution in [1.82, 2.24) is 4.98 Å². The van der Waals surface area contributed by atoms with Crippen LogP contribution in [-0.2, 0) is 6.42 Å². The molecule has 1 nitrogen and oxygen atoms in total. The van der Waals surface area contributed by atoms with Crippen molar-refractivity contribution in [2.45, 2.75) is 11.2 Å². The van der Waals surface area contributed by atoms with E-state index in [2.05, 4.69) is 20.9 Å². The summed E-state index contributed by atoms with van der Waals surface area (Å²) in [6.07, 6.45) is 0.535. The van der Waals surface area contributed by atoms with E-state index in [1.165, 1.54) is 12.1 Å². The summed E-state index contributed by atoms with van der Waals surface area (Å²) in [5.41, 5.74) is 2.21. The quantitative estimate of drug-likeness (QED) is 0.594. The fraction of sp³-hybridized carbons (Fsp3) is 0.118. The molecule has 0 aliphatic rings. The van der Waals surface area contributed by atoms with Crippen LogP contribution < -0.4 is 0 Å². The van der Waals surface area contributed by atoms with E-state index in [0.717, 1.165) is 22.7 Å². The lowest BCUT2D eigenvalue weighted by molar-refractivity contribution is 0.571. The molecule has 1 heterocycles. The lowest BCUT2D eigenvalue weighted by Gasteiger charge is -2.11. The first-order chi connectivity index (χ1) is 10.1. The molecule has 0 saturated heterocycles. The average molecular weight is 348 g/mol. The van der Waals surface area contributed by atoms with Crippen molar-refractivity contribution >= 4 is 26.8 Å². The maximum Gasteiger partial charge on any atom is 0.130 e. The van der Waals surface area contributed by atoms with Crippen LogP contribution in [0.5, 0.6) is 0 Å². The zero-order valence-corrected chi connectivity index (χ0v) is 12.6. The van der Waals surface area contributed by atoms with Gasteiger partial charge in [0.2, 0.25) is 0 Å². The SMILES string of the molecule is Fc1ccc(C(Br)Cc2ccc3ccccc3n2)c(F)c1. The van der Waals surface area contributed by atoms with Crippen molar-refractivity contribution in [1.29, 1.82) is 0 Å². The summed E-state index contributed by atoms with van der Waals surface area (Å²) >= 11 is 3.46. The third-order valence-corrected chi connectivity index (χ3v) is 4.16. The normalized spacial score (nSPS) is 12.5. The van der Waals surface area contributed by atoms with Crippen LogP contribution in [0.4, 0.5) is 8.78 Å². The second-order valence-corrected chi connectivity index (χ2v) is 5.94. The summed E-state index contributed by atoms with van der Waals surface area (Å²) in [5, 5.41) is 1.07. The highest BCUT2D eigenvalue weighted by molar-refractivity contribution is 9.09. The van der Waals surface area contributed by atoms with Gasteiger partial charge < -0.3 is 0 Å². The van der Waals surface area contributed by atoms with Gasteiger partial charge in [0.25, 0.3) is 0 Å². The van der Waals surface area contributed by atoms with E-state index in [1.54, 1.807) is 0 Å². The number of halogens is 3. The third kappa shape index (κ3) is 3.10. The van der Waals surface area contributed by atoms with Gasteiger partial charge in [0.05, 0.1) is 5.52 Å². The first-order valence-corrected chi connectivity index (χ1v) is 7.49. The summed E-state index contributed by atoms with van der Waals surface area (Å²) in [5.74, 6) is -1.11. The monoisotopic (exact) mass is 347 g/mol. The molecule has 0 fully saturated rings. The Hall–Kier alpha value is -1.81. The van der Waals surface area contributed by atoms with Crippen molar-refractivity contribution in [3.05, 3.63) is 77.5 Å². The average Bonchev–Trinajstić information content (AvgIpc) is 2.47. The fourth-order valence-corrected chi connectivity index (χ4v) is 2.97. The van der Waals surface area contributed by atoms with Crippen molar-refractivity contribution in [3.63, 3.8) is 0 Å². The van der Waals surface area contributed by atoms with Crippen LogP contribution in [0.15, 0.2) is 54.6 Å². The number of para-hydroxylation sites is 1. The standard InChI is InChI=1S/C17H12BrF2N/c18-15(14-8-6-12(19)9-16(14)20)10-13-7-5-11-3-1-2-4-17(11)21-13/h1-9,15H,10H2.